The summed E-state index contributed by atoms with van der Waals surface area (Å²) in [6, 6.07) is 5.94. The predicted molar refractivity (Wildman–Crippen MR) is 49.2 cm³/mol. The zero-order valence-electron chi connectivity index (χ0n) is 7.08. The minimum atomic E-state index is -0.340. The van der Waals surface area contributed by atoms with Crippen LogP contribution in [0.1, 0.15) is 5.89 Å². The highest BCUT2D eigenvalue weighted by Gasteiger charge is 2.07. The maximum absolute atomic E-state index is 12.8. The highest BCUT2D eigenvalue weighted by Crippen LogP contribution is 2.18. The molecular weight excluding hydrogens is 207 g/mol. The maximum Gasteiger partial charge on any atom is 0.247 e. The first kappa shape index (κ1) is 9.15. The standard InChI is InChI=1S/C9H6ClFN2O/c10-5-8-12-13-9(14-8)6-2-1-3-7(11)4-6/h1-4H,5H2. The van der Waals surface area contributed by atoms with Gasteiger partial charge >= 0.3 is 0 Å². The highest BCUT2D eigenvalue weighted by atomic mass is 35.5. The maximum atomic E-state index is 12.8. The van der Waals surface area contributed by atoms with Crippen molar-refractivity contribution in [2.45, 2.75) is 5.88 Å². The lowest BCUT2D eigenvalue weighted by Gasteiger charge is -1.93. The van der Waals surface area contributed by atoms with Gasteiger partial charge in [0.1, 0.15) is 11.7 Å². The van der Waals surface area contributed by atoms with Crippen molar-refractivity contribution in [2.75, 3.05) is 0 Å². The van der Waals surface area contributed by atoms with E-state index >= 15 is 0 Å². The van der Waals surface area contributed by atoms with Crippen LogP contribution in [-0.2, 0) is 5.88 Å². The molecule has 0 saturated carbocycles. The van der Waals surface area contributed by atoms with Gasteiger partial charge in [-0.05, 0) is 18.2 Å². The molecule has 0 aliphatic carbocycles. The molecule has 1 aromatic carbocycles. The molecule has 0 fully saturated rings. The summed E-state index contributed by atoms with van der Waals surface area (Å²) in [5, 5.41) is 7.40. The van der Waals surface area contributed by atoms with Crippen LogP contribution in [0.5, 0.6) is 0 Å². The Morgan fingerprint density at radius 2 is 2.21 bits per heavy atom. The van der Waals surface area contributed by atoms with E-state index < -0.39 is 0 Å². The van der Waals surface area contributed by atoms with Crippen LogP contribution in [0.4, 0.5) is 4.39 Å². The summed E-state index contributed by atoms with van der Waals surface area (Å²) >= 11 is 5.49. The Labute approximate surface area is 84.5 Å². The quantitative estimate of drug-likeness (QED) is 0.719. The van der Waals surface area contributed by atoms with Gasteiger partial charge in [0.15, 0.2) is 0 Å². The summed E-state index contributed by atoms with van der Waals surface area (Å²) in [4.78, 5) is 0. The molecule has 0 unspecified atom stereocenters. The van der Waals surface area contributed by atoms with Crippen molar-refractivity contribution in [1.29, 1.82) is 0 Å². The lowest BCUT2D eigenvalue weighted by Crippen LogP contribution is -1.79. The largest absolute Gasteiger partial charge is 0.419 e. The van der Waals surface area contributed by atoms with Crippen LogP contribution >= 0.6 is 11.6 Å². The fourth-order valence-corrected chi connectivity index (χ4v) is 1.15. The molecule has 0 spiro atoms. The second-order valence-corrected chi connectivity index (χ2v) is 2.91. The van der Waals surface area contributed by atoms with Gasteiger partial charge in [-0.15, -0.1) is 21.8 Å². The van der Waals surface area contributed by atoms with E-state index in [9.17, 15) is 4.39 Å². The number of nitrogens with zero attached hydrogens (tertiary/aromatic N) is 2. The molecule has 2 aromatic rings. The predicted octanol–water partition coefficient (Wildman–Crippen LogP) is 2.61. The molecule has 0 N–H and O–H groups in total. The summed E-state index contributed by atoms with van der Waals surface area (Å²) in [5.74, 6) is 0.418. The smallest absolute Gasteiger partial charge is 0.247 e. The summed E-state index contributed by atoms with van der Waals surface area (Å²) < 4.78 is 18.0. The Kier molecular flexibility index (Phi) is 2.45. The van der Waals surface area contributed by atoms with Gasteiger partial charge in [0.25, 0.3) is 0 Å². The summed E-state index contributed by atoms with van der Waals surface area (Å²) in [5.41, 5.74) is 0.550. The molecule has 0 amide bonds. The molecule has 0 saturated heterocycles. The topological polar surface area (TPSA) is 38.9 Å². The molecule has 0 aliphatic rings. The van der Waals surface area contributed by atoms with Gasteiger partial charge in [-0.1, -0.05) is 6.07 Å². The monoisotopic (exact) mass is 212 g/mol. The third-order valence-corrected chi connectivity index (χ3v) is 1.88. The number of benzene rings is 1. The van der Waals surface area contributed by atoms with Crippen LogP contribution in [0.2, 0.25) is 0 Å². The second kappa shape index (κ2) is 3.75. The lowest BCUT2D eigenvalue weighted by atomic mass is 10.2. The molecule has 0 atom stereocenters. The normalized spacial score (nSPS) is 10.4. The lowest BCUT2D eigenvalue weighted by molar-refractivity contribution is 0.526. The fraction of sp³-hybridized carbons (Fsp3) is 0.111. The average Bonchev–Trinajstić information content (AvgIpc) is 2.66. The molecule has 1 aromatic heterocycles. The van der Waals surface area contributed by atoms with E-state index in [2.05, 4.69) is 10.2 Å². The van der Waals surface area contributed by atoms with E-state index in [1.165, 1.54) is 12.1 Å². The zero-order chi connectivity index (χ0) is 9.97. The average molecular weight is 213 g/mol. The Balaban J connectivity index is 2.39. The minimum absolute atomic E-state index is 0.155. The Morgan fingerprint density at radius 3 is 2.86 bits per heavy atom. The van der Waals surface area contributed by atoms with Gasteiger partial charge in [-0.2, -0.15) is 0 Å². The van der Waals surface area contributed by atoms with E-state index in [0.717, 1.165) is 0 Å². The van der Waals surface area contributed by atoms with Crippen LogP contribution < -0.4 is 0 Å². The molecule has 72 valence electrons. The summed E-state index contributed by atoms with van der Waals surface area (Å²) in [6.45, 7) is 0. The SMILES string of the molecule is Fc1cccc(-c2nnc(CCl)o2)c1. The molecular formula is C9H6ClFN2O. The minimum Gasteiger partial charge on any atom is -0.419 e. The number of alkyl halides is 1. The molecule has 2 rings (SSSR count). The van der Waals surface area contributed by atoms with E-state index in [4.69, 9.17) is 16.0 Å². The molecule has 3 nitrogen and oxygen atoms in total. The molecule has 14 heavy (non-hydrogen) atoms. The van der Waals surface area contributed by atoms with Crippen molar-refractivity contribution in [3.05, 3.63) is 36.0 Å². The van der Waals surface area contributed by atoms with Gasteiger partial charge in [-0.3, -0.25) is 0 Å². The van der Waals surface area contributed by atoms with Crippen molar-refractivity contribution < 1.29 is 8.81 Å². The number of hydrogen-bond acceptors (Lipinski definition) is 3. The van der Waals surface area contributed by atoms with Gasteiger partial charge in [0.05, 0.1) is 0 Å². The van der Waals surface area contributed by atoms with Crippen molar-refractivity contribution in [1.82, 2.24) is 10.2 Å². The number of hydrogen-bond donors (Lipinski definition) is 0. The number of aromatic nitrogens is 2. The third kappa shape index (κ3) is 1.75. The van der Waals surface area contributed by atoms with Crippen molar-refractivity contribution in [2.24, 2.45) is 0 Å². The van der Waals surface area contributed by atoms with Crippen molar-refractivity contribution in [3.63, 3.8) is 0 Å². The van der Waals surface area contributed by atoms with Crippen LogP contribution in [0.15, 0.2) is 28.7 Å². The van der Waals surface area contributed by atoms with E-state index in [1.807, 2.05) is 0 Å². The van der Waals surface area contributed by atoms with Crippen LogP contribution in [-0.4, -0.2) is 10.2 Å². The van der Waals surface area contributed by atoms with Crippen molar-refractivity contribution in [3.8, 4) is 11.5 Å². The second-order valence-electron chi connectivity index (χ2n) is 2.64. The fourth-order valence-electron chi connectivity index (χ4n) is 1.05. The van der Waals surface area contributed by atoms with Gasteiger partial charge in [0.2, 0.25) is 11.8 Å². The third-order valence-electron chi connectivity index (χ3n) is 1.65. The Bertz CT molecular complexity index is 444. The zero-order valence-corrected chi connectivity index (χ0v) is 7.83. The highest BCUT2D eigenvalue weighted by molar-refractivity contribution is 6.16. The van der Waals surface area contributed by atoms with Crippen LogP contribution in [0.3, 0.4) is 0 Å². The van der Waals surface area contributed by atoms with E-state index in [-0.39, 0.29) is 17.6 Å². The van der Waals surface area contributed by atoms with Gasteiger partial charge in [-0.25, -0.2) is 4.39 Å². The first-order valence-electron chi connectivity index (χ1n) is 3.94. The number of rotatable bonds is 2. The summed E-state index contributed by atoms with van der Waals surface area (Å²) in [7, 11) is 0. The van der Waals surface area contributed by atoms with Crippen LogP contribution in [0, 0.1) is 5.82 Å². The number of halogens is 2. The molecule has 0 radical (unpaired) electrons. The van der Waals surface area contributed by atoms with Gasteiger partial charge < -0.3 is 4.42 Å². The van der Waals surface area contributed by atoms with Gasteiger partial charge in [0, 0.05) is 5.56 Å². The van der Waals surface area contributed by atoms with E-state index in [0.29, 0.717) is 11.5 Å². The molecule has 0 bridgehead atoms. The molecule has 0 aliphatic heterocycles. The first-order valence-corrected chi connectivity index (χ1v) is 4.47. The summed E-state index contributed by atoms with van der Waals surface area (Å²) in [6.07, 6.45) is 0. The van der Waals surface area contributed by atoms with Crippen molar-refractivity contribution >= 4 is 11.6 Å². The first-order chi connectivity index (χ1) is 6.79. The Morgan fingerprint density at radius 1 is 1.36 bits per heavy atom. The molecule has 5 heteroatoms. The Hall–Kier alpha value is -1.42. The molecule has 1 heterocycles. The van der Waals surface area contributed by atoms with E-state index in [1.54, 1.807) is 12.1 Å². The van der Waals surface area contributed by atoms with Crippen LogP contribution in [0.25, 0.3) is 11.5 Å².